The molecule has 32 heavy (non-hydrogen) atoms. The minimum absolute atomic E-state index is 0.0198. The first-order chi connectivity index (χ1) is 15.4. The fourth-order valence-corrected chi connectivity index (χ4v) is 3.00. The van der Waals surface area contributed by atoms with Crippen molar-refractivity contribution in [2.45, 2.75) is 33.2 Å². The van der Waals surface area contributed by atoms with Gasteiger partial charge in [0.2, 0.25) is 5.88 Å². The molecule has 1 heterocycles. The van der Waals surface area contributed by atoms with E-state index in [2.05, 4.69) is 22.7 Å². The predicted octanol–water partition coefficient (Wildman–Crippen LogP) is 4.07. The van der Waals surface area contributed by atoms with Gasteiger partial charge in [0.25, 0.3) is 11.8 Å². The van der Waals surface area contributed by atoms with E-state index >= 15 is 0 Å². The number of nitrogens with one attached hydrogen (secondary N) is 2. The standard InChI is InChI=1S/C24H27N3O5/c1-5-16-6-8-17(9-7-16)19-13-23(32-27-19)26-24(29)18-10-11-20(21(12-18)30-4)31-14-22(28)25-15(2)3/h6-13,15H,5,14H2,1-4H3,(H,25,28)(H,26,29). The minimum Gasteiger partial charge on any atom is -0.493 e. The minimum atomic E-state index is -0.392. The average Bonchev–Trinajstić information content (AvgIpc) is 3.25. The van der Waals surface area contributed by atoms with Crippen molar-refractivity contribution in [2.75, 3.05) is 19.0 Å². The van der Waals surface area contributed by atoms with Crippen LogP contribution in [0.4, 0.5) is 5.88 Å². The van der Waals surface area contributed by atoms with Gasteiger partial charge < -0.3 is 19.3 Å². The molecule has 0 saturated heterocycles. The van der Waals surface area contributed by atoms with Crippen LogP contribution in [0.15, 0.2) is 53.1 Å². The largest absolute Gasteiger partial charge is 0.493 e. The van der Waals surface area contributed by atoms with E-state index in [1.807, 2.05) is 38.1 Å². The Morgan fingerprint density at radius 3 is 2.47 bits per heavy atom. The quantitative estimate of drug-likeness (QED) is 0.523. The highest BCUT2D eigenvalue weighted by Crippen LogP contribution is 2.29. The molecule has 8 nitrogen and oxygen atoms in total. The summed E-state index contributed by atoms with van der Waals surface area (Å²) >= 11 is 0. The first kappa shape index (κ1) is 22.9. The number of nitrogens with zero attached hydrogens (tertiary/aromatic N) is 1. The van der Waals surface area contributed by atoms with E-state index in [9.17, 15) is 9.59 Å². The Bertz CT molecular complexity index is 1070. The lowest BCUT2D eigenvalue weighted by Gasteiger charge is -2.13. The molecule has 0 unspecified atom stereocenters. The number of aromatic nitrogens is 1. The van der Waals surface area contributed by atoms with Gasteiger partial charge in [0.05, 0.1) is 7.11 Å². The van der Waals surface area contributed by atoms with Crippen molar-refractivity contribution in [1.29, 1.82) is 0 Å². The Kier molecular flexibility index (Phi) is 7.49. The second kappa shape index (κ2) is 10.5. The van der Waals surface area contributed by atoms with Crippen molar-refractivity contribution < 1.29 is 23.6 Å². The summed E-state index contributed by atoms with van der Waals surface area (Å²) in [5, 5.41) is 9.45. The number of methoxy groups -OCH3 is 1. The van der Waals surface area contributed by atoms with E-state index in [0.717, 1.165) is 12.0 Å². The topological polar surface area (TPSA) is 103 Å². The van der Waals surface area contributed by atoms with E-state index in [-0.39, 0.29) is 24.4 Å². The molecule has 8 heteroatoms. The zero-order valence-electron chi connectivity index (χ0n) is 18.6. The lowest BCUT2D eigenvalue weighted by molar-refractivity contribution is -0.123. The van der Waals surface area contributed by atoms with Gasteiger partial charge in [-0.25, -0.2) is 0 Å². The number of hydrogen-bond acceptors (Lipinski definition) is 6. The first-order valence-electron chi connectivity index (χ1n) is 10.4. The molecule has 0 atom stereocenters. The van der Waals surface area contributed by atoms with E-state index in [1.165, 1.54) is 18.7 Å². The van der Waals surface area contributed by atoms with Gasteiger partial charge in [0.1, 0.15) is 5.69 Å². The molecule has 0 aliphatic heterocycles. The Morgan fingerprint density at radius 2 is 1.81 bits per heavy atom. The normalized spacial score (nSPS) is 10.7. The van der Waals surface area contributed by atoms with Crippen molar-refractivity contribution in [3.63, 3.8) is 0 Å². The van der Waals surface area contributed by atoms with Crippen LogP contribution in [0, 0.1) is 0 Å². The molecule has 0 fully saturated rings. The van der Waals surface area contributed by atoms with Crippen LogP contribution in [0.25, 0.3) is 11.3 Å². The molecule has 2 amide bonds. The average molecular weight is 437 g/mol. The van der Waals surface area contributed by atoms with Crippen molar-refractivity contribution in [1.82, 2.24) is 10.5 Å². The van der Waals surface area contributed by atoms with Crippen molar-refractivity contribution in [3.8, 4) is 22.8 Å². The summed E-state index contributed by atoms with van der Waals surface area (Å²) < 4.78 is 16.1. The van der Waals surface area contributed by atoms with Crippen molar-refractivity contribution >= 4 is 17.7 Å². The van der Waals surface area contributed by atoms with Gasteiger partial charge in [-0.05, 0) is 44.0 Å². The molecule has 0 aliphatic carbocycles. The number of anilines is 1. The molecule has 3 aromatic rings. The van der Waals surface area contributed by atoms with Crippen molar-refractivity contribution in [2.24, 2.45) is 0 Å². The number of amides is 2. The van der Waals surface area contributed by atoms with Gasteiger partial charge in [0, 0.05) is 23.2 Å². The summed E-state index contributed by atoms with van der Waals surface area (Å²) in [6, 6.07) is 14.4. The number of carbonyl (C=O) groups is 2. The van der Waals surface area contributed by atoms with Gasteiger partial charge in [-0.3, -0.25) is 14.9 Å². The van der Waals surface area contributed by atoms with Crippen LogP contribution in [-0.2, 0) is 11.2 Å². The Morgan fingerprint density at radius 1 is 1.06 bits per heavy atom. The first-order valence-corrected chi connectivity index (χ1v) is 10.4. The van der Waals surface area contributed by atoms with E-state index in [1.54, 1.807) is 18.2 Å². The van der Waals surface area contributed by atoms with Crippen molar-refractivity contribution in [3.05, 3.63) is 59.7 Å². The summed E-state index contributed by atoms with van der Waals surface area (Å²) in [6.07, 6.45) is 0.957. The number of rotatable bonds is 9. The molecule has 1 aromatic heterocycles. The van der Waals surface area contributed by atoms with Gasteiger partial charge in [-0.1, -0.05) is 36.3 Å². The number of benzene rings is 2. The van der Waals surface area contributed by atoms with Gasteiger partial charge in [-0.2, -0.15) is 0 Å². The molecule has 2 N–H and O–H groups in total. The third-order valence-electron chi connectivity index (χ3n) is 4.64. The Labute approximate surface area is 186 Å². The summed E-state index contributed by atoms with van der Waals surface area (Å²) in [5.74, 6) is 0.296. The molecule has 0 radical (unpaired) electrons. The molecule has 168 valence electrons. The van der Waals surface area contributed by atoms with Crippen LogP contribution in [-0.4, -0.2) is 36.7 Å². The smallest absolute Gasteiger partial charge is 0.258 e. The van der Waals surface area contributed by atoms with Crippen LogP contribution < -0.4 is 20.1 Å². The fraction of sp³-hybridized carbons (Fsp3) is 0.292. The van der Waals surface area contributed by atoms with Crippen LogP contribution in [0.2, 0.25) is 0 Å². The van der Waals surface area contributed by atoms with Crippen LogP contribution in [0.1, 0.15) is 36.7 Å². The molecule has 2 aromatic carbocycles. The van der Waals surface area contributed by atoms with E-state index < -0.39 is 5.91 Å². The highest BCUT2D eigenvalue weighted by Gasteiger charge is 2.15. The lowest BCUT2D eigenvalue weighted by atomic mass is 10.1. The third-order valence-corrected chi connectivity index (χ3v) is 4.64. The monoisotopic (exact) mass is 437 g/mol. The number of ether oxygens (including phenoxy) is 2. The molecule has 0 saturated carbocycles. The third kappa shape index (κ3) is 5.87. The van der Waals surface area contributed by atoms with Gasteiger partial charge in [0.15, 0.2) is 18.1 Å². The molecular weight excluding hydrogens is 410 g/mol. The molecular formula is C24H27N3O5. The van der Waals surface area contributed by atoms with Crippen LogP contribution >= 0.6 is 0 Å². The van der Waals surface area contributed by atoms with Crippen LogP contribution in [0.3, 0.4) is 0 Å². The summed E-state index contributed by atoms with van der Waals surface area (Å²) in [4.78, 5) is 24.4. The predicted molar refractivity (Wildman–Crippen MR) is 121 cm³/mol. The zero-order valence-corrected chi connectivity index (χ0v) is 18.6. The Hall–Kier alpha value is -3.81. The maximum atomic E-state index is 12.7. The molecule has 0 bridgehead atoms. The second-order valence-electron chi connectivity index (χ2n) is 7.46. The zero-order chi connectivity index (χ0) is 23.1. The molecule has 0 spiro atoms. The summed E-state index contributed by atoms with van der Waals surface area (Å²) in [6.45, 7) is 5.67. The highest BCUT2D eigenvalue weighted by molar-refractivity contribution is 6.04. The van der Waals surface area contributed by atoms with Gasteiger partial charge >= 0.3 is 0 Å². The maximum absolute atomic E-state index is 12.7. The van der Waals surface area contributed by atoms with Crippen LogP contribution in [0.5, 0.6) is 11.5 Å². The van der Waals surface area contributed by atoms with E-state index in [0.29, 0.717) is 22.8 Å². The molecule has 0 aliphatic rings. The Balaban J connectivity index is 1.66. The summed E-state index contributed by atoms with van der Waals surface area (Å²) in [7, 11) is 1.46. The van der Waals surface area contributed by atoms with E-state index in [4.69, 9.17) is 14.0 Å². The number of hydrogen-bond donors (Lipinski definition) is 2. The second-order valence-corrected chi connectivity index (χ2v) is 7.46. The molecule has 3 rings (SSSR count). The SMILES string of the molecule is CCc1ccc(-c2cc(NC(=O)c3ccc(OCC(=O)NC(C)C)c(OC)c3)on2)cc1. The van der Waals surface area contributed by atoms with Gasteiger partial charge in [-0.15, -0.1) is 0 Å². The fourth-order valence-electron chi connectivity index (χ4n) is 3.00. The highest BCUT2D eigenvalue weighted by atomic mass is 16.5. The number of aryl methyl sites for hydroxylation is 1. The maximum Gasteiger partial charge on any atom is 0.258 e. The lowest BCUT2D eigenvalue weighted by Crippen LogP contribution is -2.34. The summed E-state index contributed by atoms with van der Waals surface area (Å²) in [5.41, 5.74) is 3.10. The number of carbonyl (C=O) groups excluding carboxylic acids is 2.